The van der Waals surface area contributed by atoms with Gasteiger partial charge in [0.15, 0.2) is 36.3 Å². The number of nitrogens with one attached hydrogen (secondary N) is 2. The molecule has 5 heterocycles. The van der Waals surface area contributed by atoms with E-state index in [1.807, 2.05) is 57.5 Å². The second kappa shape index (κ2) is 27.6. The van der Waals surface area contributed by atoms with Crippen LogP contribution in [0.1, 0.15) is 131 Å². The molecule has 5 N–H and O–H groups in total. The number of carbonyl (C=O) groups excluding carboxylic acids is 3. The van der Waals surface area contributed by atoms with Crippen LogP contribution in [0.25, 0.3) is 10.9 Å². The minimum atomic E-state index is -1.79. The number of carboxylic acid groups (broad SMARTS) is 1. The summed E-state index contributed by atoms with van der Waals surface area (Å²) in [4.78, 5) is 74.4. The zero-order valence-corrected chi connectivity index (χ0v) is 51.9. The maximum atomic E-state index is 14.9. The summed E-state index contributed by atoms with van der Waals surface area (Å²) in [5.41, 5.74) is -3.90. The summed E-state index contributed by atoms with van der Waals surface area (Å²) in [7, 11) is 5.21. The van der Waals surface area contributed by atoms with E-state index in [0.717, 1.165) is 12.8 Å². The van der Waals surface area contributed by atoms with Crippen LogP contribution < -0.4 is 16.1 Å². The van der Waals surface area contributed by atoms with Crippen LogP contribution in [0.5, 0.6) is 0 Å². The summed E-state index contributed by atoms with van der Waals surface area (Å²) < 4.78 is 59.0. The number of pyridine rings is 1. The van der Waals surface area contributed by atoms with Crippen molar-refractivity contribution in [2.24, 2.45) is 28.8 Å². The van der Waals surface area contributed by atoms with Crippen molar-refractivity contribution in [1.29, 1.82) is 0 Å². The summed E-state index contributed by atoms with van der Waals surface area (Å²) >= 11 is 8.06. The van der Waals surface area contributed by atoms with Gasteiger partial charge in [-0.05, 0) is 106 Å². The number of hydrogen-bond donors (Lipinski definition) is 5. The first-order valence-electron chi connectivity index (χ1n) is 28.9. The fraction of sp³-hybridized carbons (Fsp3) is 0.759. The number of halogens is 1. The first-order valence-corrected chi connectivity index (χ1v) is 30.6. The first-order chi connectivity index (χ1) is 39.1. The Morgan fingerprint density at radius 2 is 1.67 bits per heavy atom. The van der Waals surface area contributed by atoms with E-state index in [4.69, 9.17) is 59.1 Å². The standard InChI is InChI=1S/C58H88ClN5O18S/c1-15-42-58(10)50(81-55(71)82-58)31(4)45(62-74-28-83-14)29(2)25-56(8,72)49(80-54-47(67)41(63(11)12)22-30(3)75-54)32(5)48(33(6)53(70)77-42)79-44-26-57(9,73-13)51(34(7)76-44)78-43(65)18-19-60-20-21-61-39-23-36-40(24-38(39)59)64(35-16-17-35)27-37(46(36)66)52(68)69/h23-24,27,29-35,41-42,44,47-51,54,60-61,67,72H,15-22,25-26,28H2,1-14H3,(H,68,69)/b62-45+/t29-,30-,31+,32+,33-,34+,41+,42-,44+,47-,48?,49-,50+,51+,54+,56-,57-,58-/m1/s1. The molecule has 0 spiro atoms. The van der Waals surface area contributed by atoms with Gasteiger partial charge in [0.25, 0.3) is 0 Å². The number of likely N-dealkylation sites (N-methyl/N-ethyl adjacent to an activating group) is 1. The molecule has 4 aliphatic heterocycles. The number of aliphatic hydroxyl groups excluding tert-OH is 1. The maximum Gasteiger partial charge on any atom is 0.509 e. The monoisotopic (exact) mass is 1210 g/mol. The van der Waals surface area contributed by atoms with Gasteiger partial charge in [0.1, 0.15) is 23.4 Å². The molecule has 0 radical (unpaired) electrons. The third kappa shape index (κ3) is 14.9. The Morgan fingerprint density at radius 3 is 2.31 bits per heavy atom. The Labute approximate surface area is 495 Å². The number of hydrogen-bond acceptors (Lipinski definition) is 22. The van der Waals surface area contributed by atoms with Gasteiger partial charge in [0, 0.05) is 74.6 Å². The van der Waals surface area contributed by atoms with Crippen LogP contribution in [0.3, 0.4) is 0 Å². The van der Waals surface area contributed by atoms with Crippen molar-refractivity contribution in [2.75, 3.05) is 58.4 Å². The van der Waals surface area contributed by atoms with Crippen LogP contribution in [-0.2, 0) is 57.1 Å². The highest BCUT2D eigenvalue weighted by atomic mass is 35.5. The molecule has 7 rings (SSSR count). The lowest BCUT2D eigenvalue weighted by Gasteiger charge is -2.49. The topological polar surface area (TPSA) is 283 Å². The van der Waals surface area contributed by atoms with Crippen LogP contribution in [0.15, 0.2) is 28.3 Å². The Hall–Kier alpha value is -4.34. The molecule has 23 nitrogen and oxygen atoms in total. The van der Waals surface area contributed by atoms with Crippen molar-refractivity contribution in [3.05, 3.63) is 39.1 Å². The number of carboxylic acids is 1. The number of carbonyl (C=O) groups is 4. The van der Waals surface area contributed by atoms with Crippen molar-refractivity contribution in [2.45, 2.75) is 204 Å². The summed E-state index contributed by atoms with van der Waals surface area (Å²) in [6.45, 7) is 18.6. The van der Waals surface area contributed by atoms with E-state index in [1.165, 1.54) is 25.1 Å². The average molecular weight is 1210 g/mol. The largest absolute Gasteiger partial charge is 0.509 e. The quantitative estimate of drug-likeness (QED) is 0.0302. The summed E-state index contributed by atoms with van der Waals surface area (Å²) in [6.07, 6.45) is -5.22. The molecule has 1 aromatic carbocycles. The molecule has 0 amide bonds. The van der Waals surface area contributed by atoms with Crippen molar-refractivity contribution in [3.8, 4) is 0 Å². The number of esters is 2. The number of aromatic carboxylic acids is 1. The normalized spacial score (nSPS) is 36.8. The zero-order valence-electron chi connectivity index (χ0n) is 50.3. The van der Waals surface area contributed by atoms with Gasteiger partial charge >= 0.3 is 24.1 Å². The van der Waals surface area contributed by atoms with Crippen LogP contribution in [-0.4, -0.2) is 192 Å². The number of ether oxygens (including phenoxy) is 9. The van der Waals surface area contributed by atoms with Crippen molar-refractivity contribution in [3.63, 3.8) is 0 Å². The minimum Gasteiger partial charge on any atom is -0.477 e. The number of cyclic esters (lactones) is 1. The van der Waals surface area contributed by atoms with Crippen LogP contribution in [0.2, 0.25) is 5.02 Å². The van der Waals surface area contributed by atoms with Gasteiger partial charge in [-0.1, -0.05) is 44.5 Å². The Morgan fingerprint density at radius 1 is 0.964 bits per heavy atom. The summed E-state index contributed by atoms with van der Waals surface area (Å²) in [6, 6.07) is 2.99. The van der Waals surface area contributed by atoms with Crippen molar-refractivity contribution < 1.29 is 82.0 Å². The number of rotatable bonds is 20. The Kier molecular flexibility index (Phi) is 22.0. The van der Waals surface area contributed by atoms with Crippen molar-refractivity contribution >= 4 is 69.7 Å². The number of nitrogens with zero attached hydrogens (tertiary/aromatic N) is 3. The smallest absolute Gasteiger partial charge is 0.477 e. The molecule has 5 fully saturated rings. The second-order valence-corrected chi connectivity index (χ2v) is 25.3. The van der Waals surface area contributed by atoms with E-state index in [1.54, 1.807) is 53.7 Å². The SMILES string of the molecule is CC[C@H]1OC(=O)[C@H](C)C(O[C@H]2C[C@@](C)(OC)[C@@H](OC(=O)CCNCCNc3cc4c(=O)c(C(=O)O)cn(C5CC5)c4cc3Cl)[C@H](C)O2)[C@H](C)[C@@H](O[C@@H]2O[C@H](C)C[C@H](N(C)C)[C@H]2O)[C@](C)(O)C[C@@H](C)/C(=N\OCSC)[C@H](C)[C@@H]2OC(=O)O[C@]12C. The molecule has 2 aromatic rings. The lowest BCUT2D eigenvalue weighted by Crippen LogP contribution is -2.61. The van der Waals surface area contributed by atoms with E-state index in [-0.39, 0.29) is 67.3 Å². The molecule has 25 heteroatoms. The van der Waals surface area contributed by atoms with Crippen LogP contribution in [0, 0.1) is 23.7 Å². The number of fused-ring (bicyclic) bond motifs is 2. The number of aromatic nitrogens is 1. The number of anilines is 1. The van der Waals surface area contributed by atoms with E-state index < -0.39 is 125 Å². The van der Waals surface area contributed by atoms with Crippen LogP contribution >= 0.6 is 23.4 Å². The van der Waals surface area contributed by atoms with Gasteiger partial charge in [0.2, 0.25) is 5.43 Å². The number of methoxy groups -OCH3 is 1. The van der Waals surface area contributed by atoms with Gasteiger partial charge in [-0.3, -0.25) is 14.4 Å². The summed E-state index contributed by atoms with van der Waals surface area (Å²) in [5, 5.41) is 46.3. The number of thioether (sulfide) groups is 1. The molecule has 1 unspecified atom stereocenters. The molecule has 1 saturated carbocycles. The van der Waals surface area contributed by atoms with Gasteiger partial charge < -0.3 is 82.9 Å². The third-order valence-electron chi connectivity index (χ3n) is 17.3. The van der Waals surface area contributed by atoms with E-state index >= 15 is 0 Å². The zero-order chi connectivity index (χ0) is 61.0. The van der Waals surface area contributed by atoms with Gasteiger partial charge in [-0.15, -0.1) is 11.8 Å². The molecular weight excluding hydrogens is 1120 g/mol. The third-order valence-corrected chi connectivity index (χ3v) is 17.9. The van der Waals surface area contributed by atoms with E-state index in [2.05, 4.69) is 15.8 Å². The van der Waals surface area contributed by atoms with E-state index in [0.29, 0.717) is 41.4 Å². The van der Waals surface area contributed by atoms with Crippen LogP contribution in [0.4, 0.5) is 10.5 Å². The first kappa shape index (κ1) is 66.2. The molecule has 0 bridgehead atoms. The molecule has 466 valence electrons. The molecule has 1 aliphatic carbocycles. The lowest BCUT2D eigenvalue weighted by atomic mass is 9.73. The second-order valence-electron chi connectivity index (χ2n) is 24.1. The molecule has 5 aliphatic rings. The minimum absolute atomic E-state index is 0.00782. The average Bonchev–Trinajstić information content (AvgIpc) is 3.10. The predicted octanol–water partition coefficient (Wildman–Crippen LogP) is 6.74. The molecule has 18 atom stereocenters. The highest BCUT2D eigenvalue weighted by Crippen LogP contribution is 2.45. The lowest BCUT2D eigenvalue weighted by molar-refractivity contribution is -0.318. The molecule has 4 saturated heterocycles. The number of aliphatic hydroxyl groups is 2. The maximum absolute atomic E-state index is 14.9. The molecular formula is C58H88ClN5O18S. The van der Waals surface area contributed by atoms with Gasteiger partial charge in [0.05, 0.1) is 64.3 Å². The fourth-order valence-electron chi connectivity index (χ4n) is 12.7. The number of benzene rings is 1. The van der Waals surface area contributed by atoms with Crippen molar-refractivity contribution in [1.82, 2.24) is 14.8 Å². The highest BCUT2D eigenvalue weighted by Gasteiger charge is 2.59. The van der Waals surface area contributed by atoms with E-state index in [9.17, 15) is 39.3 Å². The van der Waals surface area contributed by atoms with Gasteiger partial charge in [-0.2, -0.15) is 0 Å². The van der Waals surface area contributed by atoms with Gasteiger partial charge in [-0.25, -0.2) is 9.59 Å². The fourth-order valence-corrected chi connectivity index (χ4v) is 13.1. The highest BCUT2D eigenvalue weighted by molar-refractivity contribution is 7.98. The molecule has 83 heavy (non-hydrogen) atoms. The molecule has 1 aromatic heterocycles. The summed E-state index contributed by atoms with van der Waals surface area (Å²) in [5.74, 6) is -5.59. The Balaban J connectivity index is 1.10. The number of oxime groups is 1. The Bertz CT molecular complexity index is 2710. The predicted molar refractivity (Wildman–Crippen MR) is 310 cm³/mol.